The Morgan fingerprint density at radius 1 is 1.13 bits per heavy atom. The summed E-state index contributed by atoms with van der Waals surface area (Å²) in [4.78, 5) is 23.3. The van der Waals surface area contributed by atoms with Gasteiger partial charge in [0.1, 0.15) is 17.9 Å². The number of carbonyl (C=O) groups is 1. The molecule has 3 aromatic rings. The van der Waals surface area contributed by atoms with Gasteiger partial charge in [0.25, 0.3) is 5.91 Å². The maximum atomic E-state index is 13.9. The summed E-state index contributed by atoms with van der Waals surface area (Å²) in [7, 11) is 0. The summed E-state index contributed by atoms with van der Waals surface area (Å²) in [5, 5.41) is 8.99. The standard InChI is InChI=1S/C27H29F3N6O3/c1-17-2-3-18(10-23(17)39-25-12-24(32-16-33-25)34-21-14-38-15-21)26(37)35-20-5-4-19(22(11-20)27(28,29)30)13-36-8-6-31-7-9-36/h2-5,10-12,16,21,31H,6-9,13-15H2,1H3,(H,35,37)(H,32,33,34). The van der Waals surface area contributed by atoms with E-state index in [1.54, 1.807) is 18.2 Å². The minimum Gasteiger partial charge on any atom is -0.439 e. The Morgan fingerprint density at radius 3 is 2.64 bits per heavy atom. The molecule has 2 aliphatic heterocycles. The van der Waals surface area contributed by atoms with Gasteiger partial charge in [0.15, 0.2) is 0 Å². The van der Waals surface area contributed by atoms with E-state index in [0.29, 0.717) is 37.9 Å². The number of rotatable bonds is 8. The Labute approximate surface area is 223 Å². The number of aryl methyl sites for hydroxylation is 1. The fourth-order valence-electron chi connectivity index (χ4n) is 4.34. The molecule has 3 heterocycles. The first-order valence-corrected chi connectivity index (χ1v) is 12.6. The number of nitrogens with one attached hydrogen (secondary N) is 3. The fourth-order valence-corrected chi connectivity index (χ4v) is 4.34. The number of ether oxygens (including phenoxy) is 2. The Kier molecular flexibility index (Phi) is 7.96. The molecular formula is C27H29F3N6O3. The zero-order valence-electron chi connectivity index (χ0n) is 21.3. The van der Waals surface area contributed by atoms with Gasteiger partial charge in [-0.15, -0.1) is 0 Å². The van der Waals surface area contributed by atoms with Gasteiger partial charge in [-0.2, -0.15) is 13.2 Å². The molecular weight excluding hydrogens is 513 g/mol. The molecule has 0 aliphatic carbocycles. The van der Waals surface area contributed by atoms with Crippen molar-refractivity contribution in [2.24, 2.45) is 0 Å². The van der Waals surface area contributed by atoms with Crippen molar-refractivity contribution in [1.82, 2.24) is 20.2 Å². The maximum Gasteiger partial charge on any atom is 0.416 e. The third kappa shape index (κ3) is 6.83. The number of benzene rings is 2. The Hall–Kier alpha value is -3.74. The summed E-state index contributed by atoms with van der Waals surface area (Å²) < 4.78 is 52.7. The highest BCUT2D eigenvalue weighted by atomic mass is 19.4. The van der Waals surface area contributed by atoms with Gasteiger partial charge in [0.2, 0.25) is 5.88 Å². The fraction of sp³-hybridized carbons (Fsp3) is 0.370. The second-order valence-electron chi connectivity index (χ2n) is 9.55. The van der Waals surface area contributed by atoms with Gasteiger partial charge in [-0.05, 0) is 42.3 Å². The lowest BCUT2D eigenvalue weighted by Gasteiger charge is -2.28. The zero-order chi connectivity index (χ0) is 27.4. The average molecular weight is 543 g/mol. The van der Waals surface area contributed by atoms with Crippen LogP contribution in [0.15, 0.2) is 48.8 Å². The van der Waals surface area contributed by atoms with Gasteiger partial charge in [-0.1, -0.05) is 12.1 Å². The van der Waals surface area contributed by atoms with Crippen molar-refractivity contribution >= 4 is 17.4 Å². The van der Waals surface area contributed by atoms with Crippen LogP contribution in [0, 0.1) is 6.92 Å². The van der Waals surface area contributed by atoms with E-state index in [9.17, 15) is 18.0 Å². The maximum absolute atomic E-state index is 13.9. The molecule has 0 bridgehead atoms. The molecule has 1 aromatic heterocycles. The SMILES string of the molecule is Cc1ccc(C(=O)Nc2ccc(CN3CCNCC3)c(C(F)(F)F)c2)cc1Oc1cc(NC2COC2)ncn1. The van der Waals surface area contributed by atoms with E-state index in [2.05, 4.69) is 25.9 Å². The molecule has 0 unspecified atom stereocenters. The first kappa shape index (κ1) is 26.9. The van der Waals surface area contributed by atoms with Crippen LogP contribution in [0.3, 0.4) is 0 Å². The second kappa shape index (κ2) is 11.6. The lowest BCUT2D eigenvalue weighted by molar-refractivity contribution is -0.138. The molecule has 2 aromatic carbocycles. The van der Waals surface area contributed by atoms with Crippen LogP contribution in [-0.4, -0.2) is 66.2 Å². The quantitative estimate of drug-likeness (QED) is 0.392. The molecule has 0 saturated carbocycles. The highest BCUT2D eigenvalue weighted by Crippen LogP contribution is 2.35. The molecule has 12 heteroatoms. The first-order chi connectivity index (χ1) is 18.7. The van der Waals surface area contributed by atoms with Gasteiger partial charge < -0.3 is 25.4 Å². The van der Waals surface area contributed by atoms with Crippen LogP contribution in [-0.2, 0) is 17.5 Å². The van der Waals surface area contributed by atoms with Crippen molar-refractivity contribution in [3.8, 4) is 11.6 Å². The number of amides is 1. The van der Waals surface area contributed by atoms with Crippen molar-refractivity contribution in [2.75, 3.05) is 50.0 Å². The van der Waals surface area contributed by atoms with Gasteiger partial charge in [-0.25, -0.2) is 9.97 Å². The van der Waals surface area contributed by atoms with Crippen molar-refractivity contribution in [2.45, 2.75) is 25.7 Å². The van der Waals surface area contributed by atoms with E-state index in [1.165, 1.54) is 24.5 Å². The van der Waals surface area contributed by atoms with E-state index in [4.69, 9.17) is 9.47 Å². The van der Waals surface area contributed by atoms with Crippen molar-refractivity contribution in [3.05, 3.63) is 71.0 Å². The monoisotopic (exact) mass is 542 g/mol. The number of halogens is 3. The summed E-state index contributed by atoms with van der Waals surface area (Å²) >= 11 is 0. The summed E-state index contributed by atoms with van der Waals surface area (Å²) in [5.41, 5.74) is 0.466. The molecule has 3 N–H and O–H groups in total. The zero-order valence-corrected chi connectivity index (χ0v) is 21.3. The summed E-state index contributed by atoms with van der Waals surface area (Å²) in [6, 6.07) is 10.6. The van der Waals surface area contributed by atoms with Crippen LogP contribution >= 0.6 is 0 Å². The van der Waals surface area contributed by atoms with Crippen LogP contribution in [0.2, 0.25) is 0 Å². The summed E-state index contributed by atoms with van der Waals surface area (Å²) in [6.45, 7) is 6.03. The number of hydrogen-bond donors (Lipinski definition) is 3. The highest BCUT2D eigenvalue weighted by molar-refractivity contribution is 6.04. The molecule has 9 nitrogen and oxygen atoms in total. The summed E-state index contributed by atoms with van der Waals surface area (Å²) in [5.74, 6) is 0.698. The molecule has 5 rings (SSSR count). The van der Waals surface area contributed by atoms with Gasteiger partial charge >= 0.3 is 6.18 Å². The number of carbonyl (C=O) groups excluding carboxylic acids is 1. The van der Waals surface area contributed by atoms with Gasteiger partial charge in [0.05, 0.1) is 24.8 Å². The third-order valence-corrected chi connectivity index (χ3v) is 6.57. The van der Waals surface area contributed by atoms with Crippen molar-refractivity contribution in [3.63, 3.8) is 0 Å². The molecule has 1 amide bonds. The predicted molar refractivity (Wildman–Crippen MR) is 139 cm³/mol. The Balaban J connectivity index is 1.30. The molecule has 2 saturated heterocycles. The van der Waals surface area contributed by atoms with Crippen LogP contribution in [0.5, 0.6) is 11.6 Å². The van der Waals surface area contributed by atoms with E-state index in [0.717, 1.165) is 24.7 Å². The largest absolute Gasteiger partial charge is 0.439 e. The van der Waals surface area contributed by atoms with Gasteiger partial charge in [-0.3, -0.25) is 9.69 Å². The molecule has 2 aliphatic rings. The van der Waals surface area contributed by atoms with E-state index in [-0.39, 0.29) is 35.3 Å². The molecule has 39 heavy (non-hydrogen) atoms. The van der Waals surface area contributed by atoms with E-state index >= 15 is 0 Å². The van der Waals surface area contributed by atoms with E-state index in [1.807, 2.05) is 11.8 Å². The van der Waals surface area contributed by atoms with E-state index < -0.39 is 17.6 Å². The summed E-state index contributed by atoms with van der Waals surface area (Å²) in [6.07, 6.45) is -3.18. The number of hydrogen-bond acceptors (Lipinski definition) is 8. The van der Waals surface area contributed by atoms with Crippen LogP contribution in [0.25, 0.3) is 0 Å². The number of alkyl halides is 3. The van der Waals surface area contributed by atoms with Crippen molar-refractivity contribution < 1.29 is 27.4 Å². The molecule has 206 valence electrons. The predicted octanol–water partition coefficient (Wildman–Crippen LogP) is 4.06. The molecule has 0 spiro atoms. The smallest absolute Gasteiger partial charge is 0.416 e. The minimum absolute atomic E-state index is 0.0610. The Bertz CT molecular complexity index is 1330. The van der Waals surface area contributed by atoms with Crippen LogP contribution in [0.1, 0.15) is 27.0 Å². The highest BCUT2D eigenvalue weighted by Gasteiger charge is 2.34. The lowest BCUT2D eigenvalue weighted by atomic mass is 10.0. The van der Waals surface area contributed by atoms with Crippen LogP contribution in [0.4, 0.5) is 24.7 Å². The van der Waals surface area contributed by atoms with Crippen molar-refractivity contribution in [1.29, 1.82) is 0 Å². The second-order valence-corrected chi connectivity index (χ2v) is 9.55. The van der Waals surface area contributed by atoms with Crippen LogP contribution < -0.4 is 20.7 Å². The average Bonchev–Trinajstić information content (AvgIpc) is 2.89. The number of piperazine rings is 1. The number of aromatic nitrogens is 2. The number of nitrogens with zero attached hydrogens (tertiary/aromatic N) is 3. The third-order valence-electron chi connectivity index (χ3n) is 6.57. The Morgan fingerprint density at radius 2 is 1.92 bits per heavy atom. The normalized spacial score (nSPS) is 16.4. The lowest BCUT2D eigenvalue weighted by Crippen LogP contribution is -2.43. The molecule has 0 atom stereocenters. The minimum atomic E-state index is -4.55. The topological polar surface area (TPSA) is 101 Å². The van der Waals surface area contributed by atoms with Gasteiger partial charge in [0, 0.05) is 50.0 Å². The molecule has 0 radical (unpaired) electrons. The molecule has 2 fully saturated rings. The first-order valence-electron chi connectivity index (χ1n) is 12.6. The number of anilines is 2.